The van der Waals surface area contributed by atoms with Crippen molar-refractivity contribution in [3.05, 3.63) is 162 Å². The second kappa shape index (κ2) is 10.3. The second-order valence-corrected chi connectivity index (χ2v) is 12.8. The molecular weight excluding hydrogens is 563 g/mol. The highest BCUT2D eigenvalue weighted by Crippen LogP contribution is 2.46. The standard InChI is InChI=1S/C43H33FN2/c1-43(25-13-12-24-42(43)46-40-22-10-5-17-35(40)36-18-6-11-23-41(36)46)30-26-29(27-31(44)28-30)32-14-2-7-19-37(32)45-38-20-8-3-15-33(38)34-16-4-9-21-39(34)45/h2-3,5-15,17-24,26-28H,4,16,25H2,1H3. The number of aryl methyl sites for hydroxylation is 1. The van der Waals surface area contributed by atoms with E-state index in [1.165, 1.54) is 32.9 Å². The average Bonchev–Trinajstić information content (AvgIpc) is 3.61. The molecule has 2 aliphatic carbocycles. The van der Waals surface area contributed by atoms with Gasteiger partial charge in [-0.25, -0.2) is 4.39 Å². The summed E-state index contributed by atoms with van der Waals surface area (Å²) in [7, 11) is 0. The van der Waals surface area contributed by atoms with Crippen molar-refractivity contribution in [1.29, 1.82) is 0 Å². The summed E-state index contributed by atoms with van der Waals surface area (Å²) >= 11 is 0. The Morgan fingerprint density at radius 2 is 1.33 bits per heavy atom. The number of allylic oxidation sites excluding steroid dienone is 5. The van der Waals surface area contributed by atoms with Gasteiger partial charge in [0.2, 0.25) is 0 Å². The minimum absolute atomic E-state index is 0.223. The lowest BCUT2D eigenvalue weighted by Crippen LogP contribution is -2.28. The lowest BCUT2D eigenvalue weighted by atomic mass is 9.73. The van der Waals surface area contributed by atoms with Gasteiger partial charge in [0.25, 0.3) is 0 Å². The molecule has 1 unspecified atom stereocenters. The van der Waals surface area contributed by atoms with E-state index in [9.17, 15) is 0 Å². The predicted molar refractivity (Wildman–Crippen MR) is 191 cm³/mol. The summed E-state index contributed by atoms with van der Waals surface area (Å²) in [5.41, 5.74) is 10.7. The number of rotatable bonds is 4. The van der Waals surface area contributed by atoms with Crippen molar-refractivity contribution < 1.29 is 4.39 Å². The molecule has 2 aromatic heterocycles. The Kier molecular flexibility index (Phi) is 6.04. The van der Waals surface area contributed by atoms with E-state index in [1.807, 2.05) is 0 Å². The molecule has 0 N–H and O–H groups in total. The lowest BCUT2D eigenvalue weighted by Gasteiger charge is -2.36. The fourth-order valence-corrected chi connectivity index (χ4v) is 7.94. The van der Waals surface area contributed by atoms with Crippen molar-refractivity contribution >= 4 is 44.5 Å². The fraction of sp³-hybridized carbons (Fsp3) is 0.116. The monoisotopic (exact) mass is 596 g/mol. The molecule has 9 rings (SSSR count). The molecular formula is C43H33FN2. The number of para-hydroxylation sites is 4. The number of benzene rings is 5. The van der Waals surface area contributed by atoms with Gasteiger partial charge < -0.3 is 9.13 Å². The van der Waals surface area contributed by atoms with Crippen molar-refractivity contribution in [3.63, 3.8) is 0 Å². The Balaban J connectivity index is 1.25. The zero-order chi connectivity index (χ0) is 30.8. The van der Waals surface area contributed by atoms with Crippen LogP contribution in [-0.4, -0.2) is 9.13 Å². The molecule has 3 heteroatoms. The molecule has 1 atom stereocenters. The normalized spacial score (nSPS) is 17.6. The molecule has 0 saturated carbocycles. The summed E-state index contributed by atoms with van der Waals surface area (Å²) in [6.45, 7) is 2.26. The summed E-state index contributed by atoms with van der Waals surface area (Å²) in [5.74, 6) is -0.223. The van der Waals surface area contributed by atoms with Gasteiger partial charge in [-0.15, -0.1) is 0 Å². The van der Waals surface area contributed by atoms with Gasteiger partial charge in [-0.05, 0) is 97.5 Å². The van der Waals surface area contributed by atoms with Crippen LogP contribution in [0.25, 0.3) is 61.3 Å². The van der Waals surface area contributed by atoms with E-state index in [-0.39, 0.29) is 5.82 Å². The summed E-state index contributed by atoms with van der Waals surface area (Å²) in [6, 6.07) is 40.0. The minimum Gasteiger partial charge on any atom is -0.312 e. The first-order valence-corrected chi connectivity index (χ1v) is 16.2. The molecule has 2 aliphatic rings. The zero-order valence-electron chi connectivity index (χ0n) is 25.8. The zero-order valence-corrected chi connectivity index (χ0v) is 25.8. The summed E-state index contributed by atoms with van der Waals surface area (Å²) < 4.78 is 20.7. The molecule has 222 valence electrons. The second-order valence-electron chi connectivity index (χ2n) is 12.8. The molecule has 7 aromatic rings. The van der Waals surface area contributed by atoms with Gasteiger partial charge in [-0.2, -0.15) is 0 Å². The van der Waals surface area contributed by atoms with Gasteiger partial charge in [0.15, 0.2) is 0 Å². The predicted octanol–water partition coefficient (Wildman–Crippen LogP) is 11.3. The van der Waals surface area contributed by atoms with Gasteiger partial charge >= 0.3 is 0 Å². The van der Waals surface area contributed by atoms with E-state index in [1.54, 1.807) is 12.1 Å². The number of hydrogen-bond acceptors (Lipinski definition) is 0. The highest BCUT2D eigenvalue weighted by molar-refractivity contribution is 6.10. The lowest BCUT2D eigenvalue weighted by molar-refractivity contribution is 0.579. The highest BCUT2D eigenvalue weighted by Gasteiger charge is 2.35. The summed E-state index contributed by atoms with van der Waals surface area (Å²) in [5, 5.41) is 3.74. The third kappa shape index (κ3) is 3.94. The number of fused-ring (bicyclic) bond motifs is 6. The molecule has 5 aromatic carbocycles. The van der Waals surface area contributed by atoms with Gasteiger partial charge in [0.05, 0.1) is 22.2 Å². The van der Waals surface area contributed by atoms with E-state index in [4.69, 9.17) is 0 Å². The maximum absolute atomic E-state index is 16.0. The van der Waals surface area contributed by atoms with Gasteiger partial charge in [0, 0.05) is 38.5 Å². The Labute approximate surface area is 268 Å². The van der Waals surface area contributed by atoms with Crippen LogP contribution in [0.1, 0.15) is 36.6 Å². The summed E-state index contributed by atoms with van der Waals surface area (Å²) in [6.07, 6.45) is 13.9. The van der Waals surface area contributed by atoms with Crippen molar-refractivity contribution in [2.24, 2.45) is 0 Å². The van der Waals surface area contributed by atoms with Crippen LogP contribution in [0.3, 0.4) is 0 Å². The van der Waals surface area contributed by atoms with E-state index >= 15 is 4.39 Å². The van der Waals surface area contributed by atoms with Crippen LogP contribution in [0.4, 0.5) is 4.39 Å². The third-order valence-corrected chi connectivity index (χ3v) is 10.2. The molecule has 0 spiro atoms. The number of halogens is 1. The molecule has 2 nitrogen and oxygen atoms in total. The topological polar surface area (TPSA) is 9.86 Å². The number of hydrogen-bond donors (Lipinski definition) is 0. The number of aromatic nitrogens is 2. The van der Waals surface area contributed by atoms with Crippen LogP contribution in [0, 0.1) is 5.82 Å². The van der Waals surface area contributed by atoms with Crippen molar-refractivity contribution in [2.45, 2.75) is 31.6 Å². The molecule has 0 radical (unpaired) electrons. The Hall–Kier alpha value is -5.41. The van der Waals surface area contributed by atoms with Crippen LogP contribution in [0.15, 0.2) is 140 Å². The highest BCUT2D eigenvalue weighted by atomic mass is 19.1. The SMILES string of the molecule is CC1(c2cc(F)cc(-c3ccccc3-n3c4c(c5ccccc53)CCC=C4)c2)CC=CC=C1n1c2ccccc2c2ccccc21. The first kappa shape index (κ1) is 26.9. The molecule has 0 bridgehead atoms. The molecule has 2 heterocycles. The van der Waals surface area contributed by atoms with Crippen LogP contribution < -0.4 is 0 Å². The van der Waals surface area contributed by atoms with E-state index in [2.05, 4.69) is 150 Å². The third-order valence-electron chi connectivity index (χ3n) is 10.2. The summed E-state index contributed by atoms with van der Waals surface area (Å²) in [4.78, 5) is 0. The molecule has 0 amide bonds. The van der Waals surface area contributed by atoms with E-state index < -0.39 is 5.41 Å². The maximum Gasteiger partial charge on any atom is 0.124 e. The molecule has 0 fully saturated rings. The molecule has 0 aliphatic heterocycles. The smallest absolute Gasteiger partial charge is 0.124 e. The largest absolute Gasteiger partial charge is 0.312 e. The van der Waals surface area contributed by atoms with Crippen LogP contribution in [-0.2, 0) is 11.8 Å². The van der Waals surface area contributed by atoms with E-state index in [0.717, 1.165) is 58.4 Å². The van der Waals surface area contributed by atoms with Gasteiger partial charge in [-0.3, -0.25) is 0 Å². The van der Waals surface area contributed by atoms with Crippen LogP contribution >= 0.6 is 0 Å². The van der Waals surface area contributed by atoms with Crippen LogP contribution in [0.5, 0.6) is 0 Å². The Morgan fingerprint density at radius 1 is 0.674 bits per heavy atom. The van der Waals surface area contributed by atoms with Gasteiger partial charge in [0.1, 0.15) is 5.82 Å². The van der Waals surface area contributed by atoms with E-state index in [0.29, 0.717) is 0 Å². The van der Waals surface area contributed by atoms with Crippen molar-refractivity contribution in [1.82, 2.24) is 9.13 Å². The van der Waals surface area contributed by atoms with Crippen LogP contribution in [0.2, 0.25) is 0 Å². The Bertz CT molecular complexity index is 2380. The Morgan fingerprint density at radius 3 is 2.09 bits per heavy atom. The fourth-order valence-electron chi connectivity index (χ4n) is 7.94. The first-order valence-electron chi connectivity index (χ1n) is 16.2. The molecule has 46 heavy (non-hydrogen) atoms. The molecule has 0 saturated heterocycles. The van der Waals surface area contributed by atoms with Crippen molar-refractivity contribution in [3.8, 4) is 16.8 Å². The average molecular weight is 597 g/mol. The first-order chi connectivity index (χ1) is 22.6. The maximum atomic E-state index is 16.0. The van der Waals surface area contributed by atoms with Crippen molar-refractivity contribution in [2.75, 3.05) is 0 Å². The van der Waals surface area contributed by atoms with Gasteiger partial charge in [-0.1, -0.05) is 91.0 Å². The quantitative estimate of drug-likeness (QED) is 0.191. The minimum atomic E-state index is -0.465. The number of nitrogens with zero attached hydrogens (tertiary/aromatic N) is 2.